The second-order valence-electron chi connectivity index (χ2n) is 8.30. The van der Waals surface area contributed by atoms with Crippen LogP contribution in [0.1, 0.15) is 47.7 Å². The van der Waals surface area contributed by atoms with Crippen molar-refractivity contribution in [2.24, 2.45) is 0 Å². The minimum atomic E-state index is -1.49. The molecule has 1 saturated heterocycles. The normalized spacial score (nSPS) is 22.3. The zero-order valence-electron chi connectivity index (χ0n) is 21.6. The van der Waals surface area contributed by atoms with Crippen LogP contribution in [0.4, 0.5) is 0 Å². The Labute approximate surface area is 226 Å². The fourth-order valence-corrected chi connectivity index (χ4v) is 4.99. The number of carbonyl (C=O) groups excluding carboxylic acids is 6. The van der Waals surface area contributed by atoms with Gasteiger partial charge in [-0.1, -0.05) is 0 Å². The van der Waals surface area contributed by atoms with Gasteiger partial charge in [0.15, 0.2) is 18.5 Å². The highest BCUT2D eigenvalue weighted by Crippen LogP contribution is 2.38. The average Bonchev–Trinajstić information content (AvgIpc) is 3.31. The topological polar surface area (TPSA) is 167 Å². The second kappa shape index (κ2) is 12.7. The van der Waals surface area contributed by atoms with Crippen molar-refractivity contribution < 1.29 is 61.9 Å². The standard InChI is InChI=1S/C25H26O13S/c1-11(27)33-10-18-20(34-12(2)28)21(35-13(3)29)22(36-14(4)30)25(38-18)37-17-7-6-15(9-26)23-16(17)8-19(39-23)24(31)32-5/h6-9,18,20-22,25H,10H2,1-5H3/t18-,20+,21+,22-,25-/m1/s1. The van der Waals surface area contributed by atoms with Crippen molar-refractivity contribution in [2.45, 2.75) is 58.4 Å². The number of hydrogen-bond acceptors (Lipinski definition) is 14. The number of fused-ring (bicyclic) bond motifs is 1. The maximum Gasteiger partial charge on any atom is 0.348 e. The Bertz CT molecular complexity index is 1280. The highest BCUT2D eigenvalue weighted by molar-refractivity contribution is 7.21. The SMILES string of the molecule is COC(=O)c1cc2c(O[C@@H]3O[C@H](COC(C)=O)[C@H](OC(C)=O)[C@H](OC(C)=O)[C@H]3OC(C)=O)ccc(C=O)c2s1. The van der Waals surface area contributed by atoms with Crippen molar-refractivity contribution in [3.8, 4) is 5.75 Å². The molecule has 13 nitrogen and oxygen atoms in total. The first-order valence-electron chi connectivity index (χ1n) is 11.5. The van der Waals surface area contributed by atoms with E-state index in [0.717, 1.165) is 39.0 Å². The van der Waals surface area contributed by atoms with Gasteiger partial charge < -0.3 is 33.2 Å². The molecule has 0 N–H and O–H groups in total. The quantitative estimate of drug-likeness (QED) is 0.246. The van der Waals surface area contributed by atoms with E-state index in [9.17, 15) is 28.8 Å². The molecule has 1 aliphatic rings. The van der Waals surface area contributed by atoms with E-state index >= 15 is 0 Å². The summed E-state index contributed by atoms with van der Waals surface area (Å²) in [6.45, 7) is 4.04. The van der Waals surface area contributed by atoms with Crippen molar-refractivity contribution in [1.82, 2.24) is 0 Å². The van der Waals surface area contributed by atoms with Gasteiger partial charge in [0.2, 0.25) is 12.4 Å². The number of carbonyl (C=O) groups is 6. The Hall–Kier alpha value is -4.04. The van der Waals surface area contributed by atoms with E-state index in [1.165, 1.54) is 25.3 Å². The van der Waals surface area contributed by atoms with Gasteiger partial charge >= 0.3 is 29.8 Å². The molecule has 1 aliphatic heterocycles. The predicted molar refractivity (Wildman–Crippen MR) is 131 cm³/mol. The number of benzene rings is 1. The minimum absolute atomic E-state index is 0.114. The Kier molecular flexibility index (Phi) is 9.59. The molecule has 0 amide bonds. The van der Waals surface area contributed by atoms with E-state index in [1.54, 1.807) is 0 Å². The highest BCUT2D eigenvalue weighted by atomic mass is 32.1. The fraction of sp³-hybridized carbons (Fsp3) is 0.440. The van der Waals surface area contributed by atoms with Gasteiger partial charge in [0.1, 0.15) is 23.3 Å². The first-order chi connectivity index (χ1) is 18.4. The summed E-state index contributed by atoms with van der Waals surface area (Å²) >= 11 is 1.00. The molecular formula is C25H26O13S. The Morgan fingerprint density at radius 1 is 0.897 bits per heavy atom. The third-order valence-electron chi connectivity index (χ3n) is 5.38. The van der Waals surface area contributed by atoms with Crippen LogP contribution in [-0.2, 0) is 47.6 Å². The largest absolute Gasteiger partial charge is 0.465 e. The fourth-order valence-electron chi connectivity index (χ4n) is 3.92. The van der Waals surface area contributed by atoms with Crippen molar-refractivity contribution in [2.75, 3.05) is 13.7 Å². The van der Waals surface area contributed by atoms with Gasteiger partial charge in [-0.2, -0.15) is 0 Å². The van der Waals surface area contributed by atoms with E-state index in [0.29, 0.717) is 16.4 Å². The van der Waals surface area contributed by atoms with Gasteiger partial charge in [0, 0.05) is 43.3 Å². The molecule has 5 atom stereocenters. The number of aldehydes is 1. The van der Waals surface area contributed by atoms with Crippen LogP contribution in [0.25, 0.3) is 10.1 Å². The Morgan fingerprint density at radius 2 is 1.51 bits per heavy atom. The number of rotatable bonds is 9. The number of thiophene rings is 1. The van der Waals surface area contributed by atoms with Crippen LogP contribution in [0, 0.1) is 0 Å². The molecule has 3 rings (SSSR count). The summed E-state index contributed by atoms with van der Waals surface area (Å²) in [7, 11) is 1.21. The molecule has 2 heterocycles. The van der Waals surface area contributed by atoms with Crippen molar-refractivity contribution in [3.05, 3.63) is 28.6 Å². The van der Waals surface area contributed by atoms with E-state index in [1.807, 2.05) is 0 Å². The maximum atomic E-state index is 12.1. The molecule has 0 aliphatic carbocycles. The van der Waals surface area contributed by atoms with E-state index in [4.69, 9.17) is 33.2 Å². The molecule has 39 heavy (non-hydrogen) atoms. The van der Waals surface area contributed by atoms with Crippen LogP contribution in [0.3, 0.4) is 0 Å². The number of methoxy groups -OCH3 is 1. The van der Waals surface area contributed by atoms with Gasteiger partial charge in [-0.05, 0) is 18.2 Å². The number of hydrogen-bond donors (Lipinski definition) is 0. The molecule has 1 aromatic carbocycles. The summed E-state index contributed by atoms with van der Waals surface area (Å²) in [5, 5.41) is 0.345. The summed E-state index contributed by atoms with van der Waals surface area (Å²) in [5.41, 5.74) is 0.277. The van der Waals surface area contributed by atoms with Crippen LogP contribution in [0.2, 0.25) is 0 Å². The van der Waals surface area contributed by atoms with E-state index in [-0.39, 0.29) is 16.2 Å². The van der Waals surface area contributed by atoms with Crippen LogP contribution < -0.4 is 4.74 Å². The lowest BCUT2D eigenvalue weighted by Crippen LogP contribution is -2.63. The maximum absolute atomic E-state index is 12.1. The molecule has 0 spiro atoms. The van der Waals surface area contributed by atoms with Gasteiger partial charge in [0.05, 0.1) is 7.11 Å². The lowest BCUT2D eigenvalue weighted by molar-refractivity contribution is -0.288. The summed E-state index contributed by atoms with van der Waals surface area (Å²) in [6.07, 6.45) is -6.32. The molecule has 0 radical (unpaired) electrons. The van der Waals surface area contributed by atoms with Crippen LogP contribution in [-0.4, -0.2) is 80.6 Å². The molecule has 2 aromatic rings. The molecule has 14 heteroatoms. The smallest absolute Gasteiger partial charge is 0.348 e. The average molecular weight is 567 g/mol. The first-order valence-corrected chi connectivity index (χ1v) is 12.3. The van der Waals surface area contributed by atoms with Crippen LogP contribution in [0.5, 0.6) is 5.75 Å². The zero-order valence-corrected chi connectivity index (χ0v) is 22.4. The molecule has 0 bridgehead atoms. The molecule has 1 fully saturated rings. The highest BCUT2D eigenvalue weighted by Gasteiger charge is 2.53. The zero-order chi connectivity index (χ0) is 28.9. The lowest BCUT2D eigenvalue weighted by Gasteiger charge is -2.44. The molecular weight excluding hydrogens is 540 g/mol. The monoisotopic (exact) mass is 566 g/mol. The Balaban J connectivity index is 2.11. The Morgan fingerprint density at radius 3 is 2.08 bits per heavy atom. The summed E-state index contributed by atoms with van der Waals surface area (Å²) in [4.78, 5) is 71.4. The van der Waals surface area contributed by atoms with Crippen molar-refractivity contribution in [3.63, 3.8) is 0 Å². The number of esters is 5. The molecule has 210 valence electrons. The predicted octanol–water partition coefficient (Wildman–Crippen LogP) is 1.96. The van der Waals surface area contributed by atoms with Crippen LogP contribution in [0.15, 0.2) is 18.2 Å². The molecule has 0 saturated carbocycles. The van der Waals surface area contributed by atoms with E-state index < -0.39 is 67.2 Å². The summed E-state index contributed by atoms with van der Waals surface area (Å²) < 4.78 is 38.4. The minimum Gasteiger partial charge on any atom is -0.465 e. The van der Waals surface area contributed by atoms with Gasteiger partial charge in [0.25, 0.3) is 0 Å². The number of ether oxygens (including phenoxy) is 7. The van der Waals surface area contributed by atoms with E-state index in [2.05, 4.69) is 0 Å². The van der Waals surface area contributed by atoms with Crippen molar-refractivity contribution in [1.29, 1.82) is 0 Å². The summed E-state index contributed by atoms with van der Waals surface area (Å²) in [5.74, 6) is -3.54. The first kappa shape index (κ1) is 29.5. The third-order valence-corrected chi connectivity index (χ3v) is 6.54. The van der Waals surface area contributed by atoms with Crippen LogP contribution >= 0.6 is 11.3 Å². The van der Waals surface area contributed by atoms with Gasteiger partial charge in [-0.15, -0.1) is 11.3 Å². The van der Waals surface area contributed by atoms with Crippen molar-refractivity contribution >= 4 is 57.6 Å². The van der Waals surface area contributed by atoms with Gasteiger partial charge in [-0.25, -0.2) is 4.79 Å². The third kappa shape index (κ3) is 7.09. The molecule has 0 unspecified atom stereocenters. The molecule has 1 aromatic heterocycles. The summed E-state index contributed by atoms with van der Waals surface area (Å²) in [6, 6.07) is 4.35. The second-order valence-corrected chi connectivity index (χ2v) is 9.35. The lowest BCUT2D eigenvalue weighted by atomic mass is 9.98. The van der Waals surface area contributed by atoms with Gasteiger partial charge in [-0.3, -0.25) is 24.0 Å².